The lowest BCUT2D eigenvalue weighted by atomic mass is 10.3. The molecule has 2 heterocycles. The van der Waals surface area contributed by atoms with Crippen LogP contribution in [-0.4, -0.2) is 18.4 Å². The summed E-state index contributed by atoms with van der Waals surface area (Å²) in [4.78, 5) is 8.93. The maximum absolute atomic E-state index is 12.0. The van der Waals surface area contributed by atoms with E-state index in [9.17, 15) is 8.42 Å². The van der Waals surface area contributed by atoms with Crippen molar-refractivity contribution in [3.8, 4) is 0 Å². The van der Waals surface area contributed by atoms with Crippen LogP contribution in [0, 0.1) is 6.92 Å². The number of hydrogen-bond donors (Lipinski definition) is 0. The van der Waals surface area contributed by atoms with E-state index in [4.69, 9.17) is 0 Å². The van der Waals surface area contributed by atoms with Crippen molar-refractivity contribution in [2.75, 3.05) is 0 Å². The average molecular weight is 324 g/mol. The zero-order valence-corrected chi connectivity index (χ0v) is 12.7. The first-order chi connectivity index (χ1) is 9.54. The van der Waals surface area contributed by atoms with Gasteiger partial charge in [0.1, 0.15) is 0 Å². The first kappa shape index (κ1) is 13.3. The van der Waals surface area contributed by atoms with E-state index in [1.807, 2.05) is 19.1 Å². The van der Waals surface area contributed by atoms with Crippen LogP contribution in [-0.2, 0) is 10.0 Å². The Labute approximate surface area is 122 Å². The summed E-state index contributed by atoms with van der Waals surface area (Å²) in [6.45, 7) is 1.86. The van der Waals surface area contributed by atoms with Gasteiger partial charge in [0, 0.05) is 11.1 Å². The van der Waals surface area contributed by atoms with Gasteiger partial charge in [-0.2, -0.15) is 8.42 Å². The maximum Gasteiger partial charge on any atom is 0.327 e. The molecule has 0 atom stereocenters. The predicted octanol–water partition coefficient (Wildman–Crippen LogP) is 3.53. The van der Waals surface area contributed by atoms with Crippen LogP contribution in [0.25, 0.3) is 10.2 Å². The molecule has 0 unspecified atom stereocenters. The van der Waals surface area contributed by atoms with Crippen molar-refractivity contribution in [3.05, 3.63) is 35.3 Å². The molecular formula is C11H8N4O2S3. The molecule has 0 N–H and O–H groups in total. The topological polar surface area (TPSA) is 84.6 Å². The van der Waals surface area contributed by atoms with E-state index < -0.39 is 10.0 Å². The fraction of sp³-hybridized carbons (Fsp3) is 0.0909. The van der Waals surface area contributed by atoms with E-state index in [1.54, 1.807) is 18.3 Å². The van der Waals surface area contributed by atoms with Crippen molar-refractivity contribution in [3.63, 3.8) is 0 Å². The van der Waals surface area contributed by atoms with Crippen LogP contribution in [0.2, 0.25) is 0 Å². The fourth-order valence-electron chi connectivity index (χ4n) is 1.47. The van der Waals surface area contributed by atoms with Gasteiger partial charge in [0.05, 0.1) is 10.2 Å². The van der Waals surface area contributed by atoms with Gasteiger partial charge in [-0.15, -0.1) is 16.5 Å². The summed E-state index contributed by atoms with van der Waals surface area (Å²) in [6.07, 6.45) is 1.61. The number of benzene rings is 1. The van der Waals surface area contributed by atoms with Crippen molar-refractivity contribution in [2.45, 2.75) is 11.3 Å². The van der Waals surface area contributed by atoms with E-state index in [-0.39, 0.29) is 4.34 Å². The molecule has 6 nitrogen and oxygen atoms in total. The zero-order chi connectivity index (χ0) is 14.2. The van der Waals surface area contributed by atoms with Crippen LogP contribution in [0.15, 0.2) is 44.4 Å². The van der Waals surface area contributed by atoms with Gasteiger partial charge >= 0.3 is 10.0 Å². The number of aryl methyl sites for hydroxylation is 1. The van der Waals surface area contributed by atoms with Gasteiger partial charge in [-0.05, 0) is 23.6 Å². The molecule has 0 saturated heterocycles. The second-order valence-corrected chi connectivity index (χ2v) is 7.86. The molecule has 102 valence electrons. The number of aromatic nitrogens is 2. The Morgan fingerprint density at radius 2 is 2.00 bits per heavy atom. The highest BCUT2D eigenvalue weighted by atomic mass is 32.2. The van der Waals surface area contributed by atoms with E-state index in [0.717, 1.165) is 20.9 Å². The van der Waals surface area contributed by atoms with Crippen LogP contribution in [0.1, 0.15) is 4.88 Å². The van der Waals surface area contributed by atoms with Crippen LogP contribution in [0.3, 0.4) is 0 Å². The predicted molar refractivity (Wildman–Crippen MR) is 78.2 cm³/mol. The quantitative estimate of drug-likeness (QED) is 0.690. The molecule has 0 radical (unpaired) electrons. The number of sulfonamides is 1. The van der Waals surface area contributed by atoms with Gasteiger partial charge in [0.2, 0.25) is 9.47 Å². The van der Waals surface area contributed by atoms with Gasteiger partial charge < -0.3 is 0 Å². The van der Waals surface area contributed by atoms with Gasteiger partial charge in [-0.1, -0.05) is 23.5 Å². The number of rotatable bonds is 3. The minimum atomic E-state index is -3.88. The molecule has 0 spiro atoms. The minimum absolute atomic E-state index is 0.0595. The standard InChI is InChI=1S/C11H8N4O2S3/c1-7-6-12-10(18-7)14-15-20(16,17)11-13-8-4-2-3-5-9(8)19-11/h2-6H,1H3/b15-14+. The average Bonchev–Trinajstić information content (AvgIpc) is 3.02. The maximum atomic E-state index is 12.0. The van der Waals surface area contributed by atoms with Crippen LogP contribution in [0.4, 0.5) is 5.13 Å². The van der Waals surface area contributed by atoms with Crippen molar-refractivity contribution in [1.29, 1.82) is 0 Å². The summed E-state index contributed by atoms with van der Waals surface area (Å²) < 4.78 is 28.2. The summed E-state index contributed by atoms with van der Waals surface area (Å²) >= 11 is 2.35. The van der Waals surface area contributed by atoms with Crippen molar-refractivity contribution in [2.24, 2.45) is 9.63 Å². The number of nitrogens with zero attached hydrogens (tertiary/aromatic N) is 4. The number of hydrogen-bond acceptors (Lipinski definition) is 7. The lowest BCUT2D eigenvalue weighted by molar-refractivity contribution is 0.595. The van der Waals surface area contributed by atoms with Gasteiger partial charge in [-0.25, -0.2) is 9.97 Å². The molecule has 1 aromatic carbocycles. The van der Waals surface area contributed by atoms with Gasteiger partial charge in [0.15, 0.2) is 0 Å². The number of fused-ring (bicyclic) bond motifs is 1. The summed E-state index contributed by atoms with van der Waals surface area (Å²) in [7, 11) is -3.88. The summed E-state index contributed by atoms with van der Waals surface area (Å²) in [6, 6.07) is 7.20. The van der Waals surface area contributed by atoms with E-state index in [1.165, 1.54) is 11.3 Å². The molecular weight excluding hydrogens is 316 g/mol. The summed E-state index contributed by atoms with van der Waals surface area (Å²) in [5.74, 6) is 0. The Morgan fingerprint density at radius 3 is 2.70 bits per heavy atom. The molecule has 20 heavy (non-hydrogen) atoms. The molecule has 0 saturated carbocycles. The Morgan fingerprint density at radius 1 is 1.20 bits per heavy atom. The second kappa shape index (κ2) is 5.00. The molecule has 0 aliphatic carbocycles. The molecule has 0 fully saturated rings. The van der Waals surface area contributed by atoms with E-state index >= 15 is 0 Å². The molecule has 0 bridgehead atoms. The molecule has 3 rings (SSSR count). The largest absolute Gasteiger partial charge is 0.327 e. The Balaban J connectivity index is 1.97. The van der Waals surface area contributed by atoms with Crippen molar-refractivity contribution < 1.29 is 8.42 Å². The second-order valence-electron chi connectivity index (χ2n) is 3.86. The van der Waals surface area contributed by atoms with E-state index in [2.05, 4.69) is 19.6 Å². The van der Waals surface area contributed by atoms with Gasteiger partial charge in [0.25, 0.3) is 0 Å². The highest BCUT2D eigenvalue weighted by Crippen LogP contribution is 2.27. The van der Waals surface area contributed by atoms with Crippen molar-refractivity contribution in [1.82, 2.24) is 9.97 Å². The molecule has 0 aliphatic rings. The molecule has 0 aliphatic heterocycles. The highest BCUT2D eigenvalue weighted by Gasteiger charge is 2.19. The Bertz CT molecular complexity index is 862. The number of thiazole rings is 2. The molecule has 3 aromatic rings. The Kier molecular flexibility index (Phi) is 3.32. The van der Waals surface area contributed by atoms with Gasteiger partial charge in [-0.3, -0.25) is 0 Å². The van der Waals surface area contributed by atoms with E-state index in [0.29, 0.717) is 10.6 Å². The number of para-hydroxylation sites is 1. The van der Waals surface area contributed by atoms with Crippen molar-refractivity contribution >= 4 is 48.0 Å². The molecule has 2 aromatic heterocycles. The van der Waals surface area contributed by atoms with Crippen LogP contribution >= 0.6 is 22.7 Å². The summed E-state index contributed by atoms with van der Waals surface area (Å²) in [5.41, 5.74) is 0.636. The third-order valence-electron chi connectivity index (χ3n) is 2.34. The Hall–Kier alpha value is -1.71. The third-order valence-corrected chi connectivity index (χ3v) is 5.68. The lowest BCUT2D eigenvalue weighted by Crippen LogP contribution is -1.94. The monoisotopic (exact) mass is 324 g/mol. The normalized spacial score (nSPS) is 12.4. The first-order valence-corrected chi connectivity index (χ1v) is 8.58. The minimum Gasteiger partial charge on any atom is -0.225 e. The highest BCUT2D eigenvalue weighted by molar-refractivity contribution is 7.92. The smallest absolute Gasteiger partial charge is 0.225 e. The SMILES string of the molecule is Cc1cnc(/N=N/S(=O)(=O)c2nc3ccccc3s2)s1. The first-order valence-electron chi connectivity index (χ1n) is 5.51. The van der Waals surface area contributed by atoms with Crippen LogP contribution < -0.4 is 0 Å². The molecule has 9 heteroatoms. The fourth-order valence-corrected chi connectivity index (χ4v) is 4.06. The lowest BCUT2D eigenvalue weighted by Gasteiger charge is -1.88. The zero-order valence-electron chi connectivity index (χ0n) is 10.2. The molecule has 0 amide bonds. The van der Waals surface area contributed by atoms with Crippen LogP contribution in [0.5, 0.6) is 0 Å². The third kappa shape index (κ3) is 2.60. The summed E-state index contributed by atoms with van der Waals surface area (Å²) in [5, 5.41) is 3.97.